The predicted molar refractivity (Wildman–Crippen MR) is 126 cm³/mol. The van der Waals surface area contributed by atoms with Gasteiger partial charge in [0.2, 0.25) is 0 Å². The van der Waals surface area contributed by atoms with Crippen LogP contribution in [0.25, 0.3) is 0 Å². The second-order valence-corrected chi connectivity index (χ2v) is 10.6. The van der Waals surface area contributed by atoms with E-state index in [4.69, 9.17) is 37.9 Å². The molecule has 0 amide bonds. The SMILES string of the molecule is CO[C@@H]1C[C@@H](C)C2(CCN(c3nc(C)c(Sc4cccc(Cl)c4Cl)nc3CO)CC2)C1. The molecule has 2 aliphatic rings. The first kappa shape index (κ1) is 23.1. The highest BCUT2D eigenvalue weighted by atomic mass is 35.5. The molecule has 1 saturated carbocycles. The number of ether oxygens (including phenoxy) is 1. The zero-order valence-electron chi connectivity index (χ0n) is 18.2. The van der Waals surface area contributed by atoms with E-state index in [0.29, 0.717) is 33.2 Å². The number of hydrogen-bond acceptors (Lipinski definition) is 6. The summed E-state index contributed by atoms with van der Waals surface area (Å²) < 4.78 is 5.66. The minimum absolute atomic E-state index is 0.150. The summed E-state index contributed by atoms with van der Waals surface area (Å²) in [5.74, 6) is 1.47. The van der Waals surface area contributed by atoms with Crippen molar-refractivity contribution in [3.05, 3.63) is 39.6 Å². The molecule has 168 valence electrons. The van der Waals surface area contributed by atoms with Gasteiger partial charge in [-0.25, -0.2) is 9.97 Å². The van der Waals surface area contributed by atoms with Crippen LogP contribution in [0.2, 0.25) is 10.0 Å². The Bertz CT molecular complexity index is 951. The number of nitrogens with zero attached hydrogens (tertiary/aromatic N) is 3. The van der Waals surface area contributed by atoms with Crippen molar-refractivity contribution in [1.82, 2.24) is 9.97 Å². The number of methoxy groups -OCH3 is 1. The number of anilines is 1. The topological polar surface area (TPSA) is 58.5 Å². The standard InChI is InChI=1S/C23H29Cl2N3O2S/c1-14-11-16(30-3)12-23(14)7-9-28(10-8-23)21-18(13-29)27-22(15(2)26-21)31-19-6-4-5-17(24)20(19)25/h4-6,14,16,29H,7-13H2,1-3H3/t14-,16-/m1/s1. The summed E-state index contributed by atoms with van der Waals surface area (Å²) in [6.07, 6.45) is 4.91. The van der Waals surface area contributed by atoms with Gasteiger partial charge < -0.3 is 14.7 Å². The maximum atomic E-state index is 10.0. The number of piperidine rings is 1. The van der Waals surface area contributed by atoms with Crippen LogP contribution in [0.5, 0.6) is 0 Å². The summed E-state index contributed by atoms with van der Waals surface area (Å²) in [6.45, 7) is 6.02. The Hall–Kier alpha value is -1.05. The van der Waals surface area contributed by atoms with Crippen LogP contribution in [0.4, 0.5) is 5.82 Å². The number of aliphatic hydroxyl groups is 1. The largest absolute Gasteiger partial charge is 0.390 e. The summed E-state index contributed by atoms with van der Waals surface area (Å²) in [5, 5.41) is 11.8. The van der Waals surface area contributed by atoms with Crippen LogP contribution in [0, 0.1) is 18.3 Å². The third kappa shape index (κ3) is 4.55. The molecule has 5 nitrogen and oxygen atoms in total. The smallest absolute Gasteiger partial charge is 0.153 e. The highest BCUT2D eigenvalue weighted by Crippen LogP contribution is 2.51. The van der Waals surface area contributed by atoms with E-state index in [1.807, 2.05) is 26.2 Å². The Kier molecular flexibility index (Phi) is 7.04. The van der Waals surface area contributed by atoms with Crippen LogP contribution in [0.1, 0.15) is 44.0 Å². The average Bonchev–Trinajstić information content (AvgIpc) is 3.08. The fourth-order valence-electron chi connectivity index (χ4n) is 5.07. The molecule has 1 saturated heterocycles. The Morgan fingerprint density at radius 3 is 2.65 bits per heavy atom. The lowest BCUT2D eigenvalue weighted by atomic mass is 9.71. The average molecular weight is 482 g/mol. The second kappa shape index (κ2) is 9.44. The maximum absolute atomic E-state index is 10.0. The van der Waals surface area contributed by atoms with E-state index in [9.17, 15) is 5.11 Å². The number of benzene rings is 1. The Morgan fingerprint density at radius 2 is 2.00 bits per heavy atom. The summed E-state index contributed by atoms with van der Waals surface area (Å²) in [6, 6.07) is 5.53. The molecule has 1 spiro atoms. The van der Waals surface area contributed by atoms with Gasteiger partial charge in [0.05, 0.1) is 28.5 Å². The minimum Gasteiger partial charge on any atom is -0.390 e. The Labute approximate surface area is 198 Å². The van der Waals surface area contributed by atoms with E-state index < -0.39 is 0 Å². The van der Waals surface area contributed by atoms with E-state index in [0.717, 1.165) is 60.2 Å². The summed E-state index contributed by atoms with van der Waals surface area (Å²) in [5.41, 5.74) is 1.79. The van der Waals surface area contributed by atoms with Gasteiger partial charge in [-0.05, 0) is 56.1 Å². The van der Waals surface area contributed by atoms with E-state index in [-0.39, 0.29) is 6.61 Å². The van der Waals surface area contributed by atoms with Gasteiger partial charge in [0.1, 0.15) is 10.7 Å². The molecule has 1 aromatic carbocycles. The van der Waals surface area contributed by atoms with E-state index in [1.54, 1.807) is 6.07 Å². The molecule has 4 rings (SSSR count). The van der Waals surface area contributed by atoms with Crippen LogP contribution in [0.15, 0.2) is 28.1 Å². The Morgan fingerprint density at radius 1 is 1.26 bits per heavy atom. The summed E-state index contributed by atoms with van der Waals surface area (Å²) in [7, 11) is 1.83. The fraction of sp³-hybridized carbons (Fsp3) is 0.565. The van der Waals surface area contributed by atoms with Crippen molar-refractivity contribution in [2.24, 2.45) is 11.3 Å². The second-order valence-electron chi connectivity index (χ2n) is 8.74. The number of aliphatic hydroxyl groups excluding tert-OH is 1. The van der Waals surface area contributed by atoms with Crippen molar-refractivity contribution in [3.63, 3.8) is 0 Å². The highest BCUT2D eigenvalue weighted by molar-refractivity contribution is 7.99. The molecule has 31 heavy (non-hydrogen) atoms. The predicted octanol–water partition coefficient (Wildman–Crippen LogP) is 5.77. The van der Waals surface area contributed by atoms with Gasteiger partial charge in [-0.3, -0.25) is 0 Å². The summed E-state index contributed by atoms with van der Waals surface area (Å²) >= 11 is 13.9. The van der Waals surface area contributed by atoms with Gasteiger partial charge in [-0.2, -0.15) is 0 Å². The molecule has 8 heteroatoms. The third-order valence-corrected chi connectivity index (χ3v) is 9.11. The number of aryl methyl sites for hydroxylation is 1. The first-order valence-corrected chi connectivity index (χ1v) is 12.3. The molecule has 2 aromatic rings. The lowest BCUT2D eigenvalue weighted by molar-refractivity contribution is 0.0881. The van der Waals surface area contributed by atoms with Crippen LogP contribution in [-0.4, -0.2) is 41.4 Å². The first-order valence-electron chi connectivity index (χ1n) is 10.7. The van der Waals surface area contributed by atoms with Crippen LogP contribution < -0.4 is 4.90 Å². The zero-order valence-corrected chi connectivity index (χ0v) is 20.5. The van der Waals surface area contributed by atoms with Gasteiger partial charge in [0.15, 0.2) is 5.82 Å². The molecule has 0 unspecified atom stereocenters. The zero-order chi connectivity index (χ0) is 22.2. The van der Waals surface area contributed by atoms with Gasteiger partial charge in [0.25, 0.3) is 0 Å². The molecular formula is C23H29Cl2N3O2S. The molecule has 1 aliphatic carbocycles. The van der Waals surface area contributed by atoms with Crippen molar-refractivity contribution >= 4 is 40.8 Å². The number of halogens is 2. The molecule has 1 N–H and O–H groups in total. The summed E-state index contributed by atoms with van der Waals surface area (Å²) in [4.78, 5) is 12.7. The Balaban J connectivity index is 1.53. The molecule has 2 fully saturated rings. The molecular weight excluding hydrogens is 453 g/mol. The van der Waals surface area contributed by atoms with E-state index in [1.165, 1.54) is 11.8 Å². The van der Waals surface area contributed by atoms with Crippen molar-refractivity contribution in [2.75, 3.05) is 25.1 Å². The normalized spacial score (nSPS) is 23.0. The van der Waals surface area contributed by atoms with Crippen LogP contribution in [0.3, 0.4) is 0 Å². The first-order chi connectivity index (χ1) is 14.9. The lowest BCUT2D eigenvalue weighted by Gasteiger charge is -2.43. The van der Waals surface area contributed by atoms with Gasteiger partial charge in [-0.15, -0.1) is 0 Å². The van der Waals surface area contributed by atoms with Crippen LogP contribution in [-0.2, 0) is 11.3 Å². The van der Waals surface area contributed by atoms with E-state index >= 15 is 0 Å². The quantitative estimate of drug-likeness (QED) is 0.584. The minimum atomic E-state index is -0.150. The van der Waals surface area contributed by atoms with Crippen molar-refractivity contribution in [3.8, 4) is 0 Å². The number of rotatable bonds is 5. The molecule has 1 aromatic heterocycles. The molecule has 0 radical (unpaired) electrons. The number of aromatic nitrogens is 2. The molecule has 1 aliphatic heterocycles. The maximum Gasteiger partial charge on any atom is 0.153 e. The molecule has 0 bridgehead atoms. The van der Waals surface area contributed by atoms with Gasteiger partial charge in [-0.1, -0.05) is 48.0 Å². The highest BCUT2D eigenvalue weighted by Gasteiger charge is 2.46. The van der Waals surface area contributed by atoms with E-state index in [2.05, 4.69) is 11.8 Å². The molecule has 2 heterocycles. The van der Waals surface area contributed by atoms with Crippen molar-refractivity contribution in [1.29, 1.82) is 0 Å². The fourth-order valence-corrected chi connectivity index (χ4v) is 6.45. The van der Waals surface area contributed by atoms with Crippen LogP contribution >= 0.6 is 35.0 Å². The lowest BCUT2D eigenvalue weighted by Crippen LogP contribution is -2.42. The van der Waals surface area contributed by atoms with Crippen molar-refractivity contribution in [2.45, 2.75) is 62.2 Å². The van der Waals surface area contributed by atoms with Crippen molar-refractivity contribution < 1.29 is 9.84 Å². The number of hydrogen-bond donors (Lipinski definition) is 1. The molecule has 2 atom stereocenters. The van der Waals surface area contributed by atoms with Gasteiger partial charge in [0, 0.05) is 25.1 Å². The third-order valence-electron chi connectivity index (χ3n) is 7.04. The van der Waals surface area contributed by atoms with Gasteiger partial charge >= 0.3 is 0 Å². The monoisotopic (exact) mass is 481 g/mol.